The number of rotatable bonds is 5. The van der Waals surface area contributed by atoms with Gasteiger partial charge >= 0.3 is 0 Å². The fourth-order valence-electron chi connectivity index (χ4n) is 3.02. The Morgan fingerprint density at radius 1 is 1.00 bits per heavy atom. The van der Waals surface area contributed by atoms with Crippen LogP contribution in [0, 0.1) is 6.92 Å². The molecule has 0 saturated carbocycles. The van der Waals surface area contributed by atoms with Crippen LogP contribution in [0.5, 0.6) is 11.5 Å². The molecule has 24 heavy (non-hydrogen) atoms. The van der Waals surface area contributed by atoms with Crippen molar-refractivity contribution in [3.05, 3.63) is 59.8 Å². The zero-order valence-corrected chi connectivity index (χ0v) is 14.5. The van der Waals surface area contributed by atoms with Crippen LogP contribution < -0.4 is 14.4 Å². The SMILES string of the molecule is COc1cccc(CN(C)c2cc(C)nc3ccccc23)c1OC. The van der Waals surface area contributed by atoms with Crippen molar-refractivity contribution in [2.45, 2.75) is 13.5 Å². The minimum Gasteiger partial charge on any atom is -0.493 e. The Kier molecular flexibility index (Phi) is 4.56. The molecule has 0 aliphatic heterocycles. The number of ether oxygens (including phenoxy) is 2. The first-order chi connectivity index (χ1) is 11.6. The number of anilines is 1. The van der Waals surface area contributed by atoms with Crippen molar-refractivity contribution in [2.24, 2.45) is 0 Å². The van der Waals surface area contributed by atoms with Crippen LogP contribution in [0.3, 0.4) is 0 Å². The summed E-state index contributed by atoms with van der Waals surface area (Å²) in [6.07, 6.45) is 0. The van der Waals surface area contributed by atoms with Gasteiger partial charge in [-0.2, -0.15) is 0 Å². The van der Waals surface area contributed by atoms with Gasteiger partial charge in [-0.25, -0.2) is 0 Å². The van der Waals surface area contributed by atoms with Gasteiger partial charge in [0.1, 0.15) is 0 Å². The van der Waals surface area contributed by atoms with Gasteiger partial charge < -0.3 is 14.4 Å². The number of pyridine rings is 1. The molecule has 0 fully saturated rings. The van der Waals surface area contributed by atoms with E-state index in [2.05, 4.69) is 35.1 Å². The van der Waals surface area contributed by atoms with E-state index in [1.807, 2.05) is 37.3 Å². The van der Waals surface area contributed by atoms with Gasteiger partial charge in [0.2, 0.25) is 0 Å². The van der Waals surface area contributed by atoms with Crippen LogP contribution in [0.1, 0.15) is 11.3 Å². The minimum atomic E-state index is 0.716. The van der Waals surface area contributed by atoms with E-state index in [1.54, 1.807) is 14.2 Å². The predicted molar refractivity (Wildman–Crippen MR) is 98.1 cm³/mol. The highest BCUT2D eigenvalue weighted by Gasteiger charge is 2.14. The van der Waals surface area contributed by atoms with Gasteiger partial charge in [-0.3, -0.25) is 4.98 Å². The lowest BCUT2D eigenvalue weighted by Gasteiger charge is -2.23. The van der Waals surface area contributed by atoms with Gasteiger partial charge in [0.05, 0.1) is 19.7 Å². The van der Waals surface area contributed by atoms with Crippen molar-refractivity contribution < 1.29 is 9.47 Å². The average Bonchev–Trinajstić information content (AvgIpc) is 2.60. The fourth-order valence-corrected chi connectivity index (χ4v) is 3.02. The highest BCUT2D eigenvalue weighted by atomic mass is 16.5. The number of benzene rings is 2. The van der Waals surface area contributed by atoms with E-state index in [9.17, 15) is 0 Å². The molecule has 1 aromatic heterocycles. The van der Waals surface area contributed by atoms with Crippen LogP contribution >= 0.6 is 0 Å². The lowest BCUT2D eigenvalue weighted by Crippen LogP contribution is -2.18. The molecule has 0 aliphatic rings. The van der Waals surface area contributed by atoms with E-state index < -0.39 is 0 Å². The van der Waals surface area contributed by atoms with E-state index in [0.717, 1.165) is 39.3 Å². The van der Waals surface area contributed by atoms with Gasteiger partial charge in [0, 0.05) is 35.9 Å². The minimum absolute atomic E-state index is 0.716. The lowest BCUT2D eigenvalue weighted by atomic mass is 10.1. The van der Waals surface area contributed by atoms with Crippen molar-refractivity contribution in [2.75, 3.05) is 26.2 Å². The second-order valence-corrected chi connectivity index (χ2v) is 5.81. The summed E-state index contributed by atoms with van der Waals surface area (Å²) in [7, 11) is 5.42. The number of nitrogens with zero attached hydrogens (tertiary/aromatic N) is 2. The van der Waals surface area contributed by atoms with E-state index in [0.29, 0.717) is 6.54 Å². The quantitative estimate of drug-likeness (QED) is 0.705. The van der Waals surface area contributed by atoms with Crippen LogP contribution in [0.25, 0.3) is 10.9 Å². The average molecular weight is 322 g/mol. The maximum Gasteiger partial charge on any atom is 0.165 e. The third-order valence-electron chi connectivity index (χ3n) is 4.13. The Balaban J connectivity index is 2.01. The third-order valence-corrected chi connectivity index (χ3v) is 4.13. The molecule has 0 saturated heterocycles. The van der Waals surface area contributed by atoms with Gasteiger partial charge in [0.15, 0.2) is 11.5 Å². The standard InChI is InChI=1S/C20H22N2O2/c1-14-12-18(16-9-5-6-10-17(16)21-14)22(2)13-15-8-7-11-19(23-3)20(15)24-4/h5-12H,13H2,1-4H3. The molecule has 124 valence electrons. The molecule has 4 heteroatoms. The van der Waals surface area contributed by atoms with Gasteiger partial charge in [0.25, 0.3) is 0 Å². The number of methoxy groups -OCH3 is 2. The third kappa shape index (κ3) is 3.00. The summed E-state index contributed by atoms with van der Waals surface area (Å²) in [6, 6.07) is 16.3. The first kappa shape index (κ1) is 16.1. The van der Waals surface area contributed by atoms with Crippen molar-refractivity contribution in [3.63, 3.8) is 0 Å². The summed E-state index contributed by atoms with van der Waals surface area (Å²) in [5.41, 5.74) is 4.26. The summed E-state index contributed by atoms with van der Waals surface area (Å²) in [5.74, 6) is 1.53. The Hall–Kier alpha value is -2.75. The van der Waals surface area contributed by atoms with Crippen molar-refractivity contribution in [1.29, 1.82) is 0 Å². The van der Waals surface area contributed by atoms with Crippen LogP contribution in [-0.2, 0) is 6.54 Å². The number of hydrogen-bond acceptors (Lipinski definition) is 4. The van der Waals surface area contributed by atoms with Crippen molar-refractivity contribution >= 4 is 16.6 Å². The molecule has 3 aromatic rings. The molecule has 0 atom stereocenters. The summed E-state index contributed by atoms with van der Waals surface area (Å²) in [6.45, 7) is 2.74. The Bertz CT molecular complexity index is 861. The molecule has 0 radical (unpaired) electrons. The highest BCUT2D eigenvalue weighted by Crippen LogP contribution is 2.33. The predicted octanol–water partition coefficient (Wildman–Crippen LogP) is 4.20. The topological polar surface area (TPSA) is 34.6 Å². The smallest absolute Gasteiger partial charge is 0.165 e. The number of fused-ring (bicyclic) bond motifs is 1. The highest BCUT2D eigenvalue weighted by molar-refractivity contribution is 5.91. The molecule has 2 aromatic carbocycles. The number of aromatic nitrogens is 1. The maximum absolute atomic E-state index is 5.55. The zero-order chi connectivity index (χ0) is 17.1. The molecular weight excluding hydrogens is 300 g/mol. The van der Waals surface area contributed by atoms with E-state index >= 15 is 0 Å². The summed E-state index contributed by atoms with van der Waals surface area (Å²) in [4.78, 5) is 6.83. The molecule has 0 spiro atoms. The van der Waals surface area contributed by atoms with Gasteiger partial charge in [-0.15, -0.1) is 0 Å². The summed E-state index contributed by atoms with van der Waals surface area (Å²) >= 11 is 0. The second kappa shape index (κ2) is 6.79. The number of para-hydroxylation sites is 2. The van der Waals surface area contributed by atoms with Gasteiger partial charge in [-0.1, -0.05) is 30.3 Å². The Morgan fingerprint density at radius 2 is 1.79 bits per heavy atom. The monoisotopic (exact) mass is 322 g/mol. The number of hydrogen-bond donors (Lipinski definition) is 0. The first-order valence-electron chi connectivity index (χ1n) is 7.91. The van der Waals surface area contributed by atoms with E-state index in [-0.39, 0.29) is 0 Å². The van der Waals surface area contributed by atoms with Crippen molar-refractivity contribution in [1.82, 2.24) is 4.98 Å². The van der Waals surface area contributed by atoms with E-state index in [4.69, 9.17) is 9.47 Å². The van der Waals surface area contributed by atoms with E-state index in [1.165, 1.54) is 0 Å². The lowest BCUT2D eigenvalue weighted by molar-refractivity contribution is 0.351. The van der Waals surface area contributed by atoms with Crippen LogP contribution in [0.4, 0.5) is 5.69 Å². The summed E-state index contributed by atoms with van der Waals surface area (Å²) < 4.78 is 11.0. The van der Waals surface area contributed by atoms with Crippen LogP contribution in [-0.4, -0.2) is 26.3 Å². The molecule has 0 bridgehead atoms. The Morgan fingerprint density at radius 3 is 2.54 bits per heavy atom. The molecule has 0 amide bonds. The first-order valence-corrected chi connectivity index (χ1v) is 7.91. The zero-order valence-electron chi connectivity index (χ0n) is 14.5. The van der Waals surface area contributed by atoms with Crippen LogP contribution in [0.2, 0.25) is 0 Å². The molecule has 4 nitrogen and oxygen atoms in total. The molecule has 3 rings (SSSR count). The molecule has 0 aliphatic carbocycles. The second-order valence-electron chi connectivity index (χ2n) is 5.81. The largest absolute Gasteiger partial charge is 0.493 e. The maximum atomic E-state index is 5.55. The summed E-state index contributed by atoms with van der Waals surface area (Å²) in [5, 5.41) is 1.15. The molecule has 0 N–H and O–H groups in total. The van der Waals surface area contributed by atoms with Gasteiger partial charge in [-0.05, 0) is 25.1 Å². The number of aryl methyl sites for hydroxylation is 1. The fraction of sp³-hybridized carbons (Fsp3) is 0.250. The molecular formula is C20H22N2O2. The van der Waals surface area contributed by atoms with Crippen molar-refractivity contribution in [3.8, 4) is 11.5 Å². The Labute approximate surface area is 142 Å². The normalized spacial score (nSPS) is 10.7. The molecule has 0 unspecified atom stereocenters. The van der Waals surface area contributed by atoms with Crippen LogP contribution in [0.15, 0.2) is 48.5 Å². The molecule has 1 heterocycles.